The van der Waals surface area contributed by atoms with E-state index in [0.717, 1.165) is 24.2 Å². The number of rotatable bonds is 8. The van der Waals surface area contributed by atoms with Crippen molar-refractivity contribution in [1.82, 2.24) is 4.90 Å². The van der Waals surface area contributed by atoms with Gasteiger partial charge in [0.25, 0.3) is 0 Å². The molecule has 0 saturated carbocycles. The molecule has 2 N–H and O–H groups in total. The van der Waals surface area contributed by atoms with E-state index in [4.69, 9.17) is 10.5 Å². The van der Waals surface area contributed by atoms with E-state index in [1.54, 1.807) is 12.0 Å². The molecule has 0 aliphatic rings. The second-order valence-corrected chi connectivity index (χ2v) is 6.30. The highest BCUT2D eigenvalue weighted by Crippen LogP contribution is 2.26. The van der Waals surface area contributed by atoms with Crippen LogP contribution in [0, 0.1) is 5.41 Å². The lowest BCUT2D eigenvalue weighted by Gasteiger charge is -2.25. The van der Waals surface area contributed by atoms with E-state index in [2.05, 4.69) is 13.8 Å². The van der Waals surface area contributed by atoms with Crippen molar-refractivity contribution < 1.29 is 9.53 Å². The molecule has 0 bridgehead atoms. The summed E-state index contributed by atoms with van der Waals surface area (Å²) in [6.07, 6.45) is 2.37. The standard InChI is InChI=1S/C17H28N2O2/c1-17(2,10-11-18)9-8-16(20)19(3)13-14-6-5-7-15(12-14)21-4/h5-7,12H,8-11,13,18H2,1-4H3. The van der Waals surface area contributed by atoms with Gasteiger partial charge in [-0.1, -0.05) is 26.0 Å². The van der Waals surface area contributed by atoms with E-state index in [1.165, 1.54) is 0 Å². The highest BCUT2D eigenvalue weighted by Gasteiger charge is 2.19. The number of benzene rings is 1. The van der Waals surface area contributed by atoms with Gasteiger partial charge in [0.1, 0.15) is 5.75 Å². The fraction of sp³-hybridized carbons (Fsp3) is 0.588. The summed E-state index contributed by atoms with van der Waals surface area (Å²) in [7, 11) is 3.49. The molecule has 0 aromatic heterocycles. The first-order valence-corrected chi connectivity index (χ1v) is 7.45. The quantitative estimate of drug-likeness (QED) is 0.801. The van der Waals surface area contributed by atoms with Crippen LogP contribution in [0.5, 0.6) is 5.75 Å². The minimum atomic E-state index is 0.126. The summed E-state index contributed by atoms with van der Waals surface area (Å²) < 4.78 is 5.20. The van der Waals surface area contributed by atoms with E-state index in [0.29, 0.717) is 19.5 Å². The number of hydrogen-bond acceptors (Lipinski definition) is 3. The van der Waals surface area contributed by atoms with Gasteiger partial charge in [-0.25, -0.2) is 0 Å². The molecule has 0 saturated heterocycles. The fourth-order valence-electron chi connectivity index (χ4n) is 2.28. The Kier molecular flexibility index (Phi) is 6.69. The topological polar surface area (TPSA) is 55.6 Å². The molecule has 0 atom stereocenters. The molecular formula is C17H28N2O2. The predicted molar refractivity (Wildman–Crippen MR) is 86.2 cm³/mol. The summed E-state index contributed by atoms with van der Waals surface area (Å²) in [6.45, 7) is 5.60. The molecule has 0 unspecified atom stereocenters. The number of methoxy groups -OCH3 is 1. The number of nitrogens with two attached hydrogens (primary N) is 1. The molecule has 118 valence electrons. The first-order chi connectivity index (χ1) is 9.88. The van der Waals surface area contributed by atoms with Crippen molar-refractivity contribution in [3.63, 3.8) is 0 Å². The second kappa shape index (κ2) is 8.03. The molecule has 0 aliphatic heterocycles. The van der Waals surface area contributed by atoms with Crippen LogP contribution < -0.4 is 10.5 Å². The van der Waals surface area contributed by atoms with Crippen LogP contribution in [0.4, 0.5) is 0 Å². The Hall–Kier alpha value is -1.55. The maximum atomic E-state index is 12.2. The minimum Gasteiger partial charge on any atom is -0.497 e. The number of carbonyl (C=O) groups is 1. The predicted octanol–water partition coefficient (Wildman–Crippen LogP) is 2.81. The van der Waals surface area contributed by atoms with Crippen LogP contribution >= 0.6 is 0 Å². The zero-order chi connectivity index (χ0) is 15.9. The van der Waals surface area contributed by atoms with Crippen molar-refractivity contribution in [2.45, 2.75) is 39.7 Å². The lowest BCUT2D eigenvalue weighted by molar-refractivity contribution is -0.131. The van der Waals surface area contributed by atoms with Crippen molar-refractivity contribution in [1.29, 1.82) is 0 Å². The van der Waals surface area contributed by atoms with Gasteiger partial charge < -0.3 is 15.4 Å². The number of amides is 1. The van der Waals surface area contributed by atoms with Crippen LogP contribution in [0.2, 0.25) is 0 Å². The van der Waals surface area contributed by atoms with E-state index in [9.17, 15) is 4.79 Å². The van der Waals surface area contributed by atoms with Crippen LogP contribution in [0.15, 0.2) is 24.3 Å². The number of nitrogens with zero attached hydrogens (tertiary/aromatic N) is 1. The lowest BCUT2D eigenvalue weighted by atomic mass is 9.84. The molecule has 0 aliphatic carbocycles. The first kappa shape index (κ1) is 17.5. The minimum absolute atomic E-state index is 0.126. The molecule has 1 amide bonds. The van der Waals surface area contributed by atoms with Gasteiger partial charge in [-0.3, -0.25) is 4.79 Å². The molecule has 0 fully saturated rings. The number of ether oxygens (including phenoxy) is 1. The van der Waals surface area contributed by atoms with Crippen LogP contribution in [-0.2, 0) is 11.3 Å². The normalized spacial score (nSPS) is 11.3. The van der Waals surface area contributed by atoms with E-state index < -0.39 is 0 Å². The van der Waals surface area contributed by atoms with Crippen molar-refractivity contribution >= 4 is 5.91 Å². The van der Waals surface area contributed by atoms with Gasteiger partial charge in [-0.2, -0.15) is 0 Å². The van der Waals surface area contributed by atoms with Gasteiger partial charge in [-0.05, 0) is 42.5 Å². The average molecular weight is 292 g/mol. The largest absolute Gasteiger partial charge is 0.497 e. The summed E-state index contributed by atoms with van der Waals surface area (Å²) in [6, 6.07) is 7.81. The monoisotopic (exact) mass is 292 g/mol. The Labute approximate surface area is 128 Å². The third-order valence-corrected chi connectivity index (χ3v) is 3.82. The zero-order valence-electron chi connectivity index (χ0n) is 13.7. The van der Waals surface area contributed by atoms with Gasteiger partial charge >= 0.3 is 0 Å². The summed E-state index contributed by atoms with van der Waals surface area (Å²) >= 11 is 0. The molecule has 4 heteroatoms. The van der Waals surface area contributed by atoms with E-state index in [-0.39, 0.29) is 11.3 Å². The van der Waals surface area contributed by atoms with Crippen LogP contribution in [0.3, 0.4) is 0 Å². The molecular weight excluding hydrogens is 264 g/mol. The van der Waals surface area contributed by atoms with E-state index >= 15 is 0 Å². The van der Waals surface area contributed by atoms with Crippen molar-refractivity contribution in [3.05, 3.63) is 29.8 Å². The van der Waals surface area contributed by atoms with E-state index in [1.807, 2.05) is 31.3 Å². The Morgan fingerprint density at radius 1 is 1.33 bits per heavy atom. The third kappa shape index (κ3) is 6.17. The molecule has 0 heterocycles. The van der Waals surface area contributed by atoms with Crippen molar-refractivity contribution in [2.75, 3.05) is 20.7 Å². The van der Waals surface area contributed by atoms with Crippen LogP contribution in [0.1, 0.15) is 38.7 Å². The first-order valence-electron chi connectivity index (χ1n) is 7.45. The molecule has 4 nitrogen and oxygen atoms in total. The highest BCUT2D eigenvalue weighted by molar-refractivity contribution is 5.75. The van der Waals surface area contributed by atoms with Gasteiger partial charge in [0, 0.05) is 20.0 Å². The molecule has 0 spiro atoms. The zero-order valence-corrected chi connectivity index (χ0v) is 13.7. The lowest BCUT2D eigenvalue weighted by Crippen LogP contribution is -2.28. The molecule has 1 aromatic rings. The van der Waals surface area contributed by atoms with Gasteiger partial charge in [0.2, 0.25) is 5.91 Å². The summed E-state index contributed by atoms with van der Waals surface area (Å²) in [5.41, 5.74) is 6.80. The Morgan fingerprint density at radius 3 is 2.67 bits per heavy atom. The van der Waals surface area contributed by atoms with Gasteiger partial charge in [0.05, 0.1) is 7.11 Å². The van der Waals surface area contributed by atoms with Gasteiger partial charge in [0.15, 0.2) is 0 Å². The summed E-state index contributed by atoms with van der Waals surface area (Å²) in [5.74, 6) is 0.986. The maximum Gasteiger partial charge on any atom is 0.222 e. The Morgan fingerprint density at radius 2 is 2.05 bits per heavy atom. The summed E-state index contributed by atoms with van der Waals surface area (Å²) in [4.78, 5) is 14.0. The second-order valence-electron chi connectivity index (χ2n) is 6.30. The average Bonchev–Trinajstić information content (AvgIpc) is 2.45. The number of carbonyl (C=O) groups excluding carboxylic acids is 1. The fourth-order valence-corrected chi connectivity index (χ4v) is 2.28. The molecule has 1 rings (SSSR count). The Bertz CT molecular complexity index is 458. The third-order valence-electron chi connectivity index (χ3n) is 3.82. The molecule has 21 heavy (non-hydrogen) atoms. The SMILES string of the molecule is COc1cccc(CN(C)C(=O)CCC(C)(C)CCN)c1. The van der Waals surface area contributed by atoms with Crippen LogP contribution in [0.25, 0.3) is 0 Å². The maximum absolute atomic E-state index is 12.2. The molecule has 1 aromatic carbocycles. The summed E-state index contributed by atoms with van der Waals surface area (Å²) in [5, 5.41) is 0. The smallest absolute Gasteiger partial charge is 0.222 e. The van der Waals surface area contributed by atoms with Gasteiger partial charge in [-0.15, -0.1) is 0 Å². The number of hydrogen-bond donors (Lipinski definition) is 1. The van der Waals surface area contributed by atoms with Crippen molar-refractivity contribution in [3.8, 4) is 5.75 Å². The van der Waals surface area contributed by atoms with Crippen molar-refractivity contribution in [2.24, 2.45) is 11.1 Å². The molecule has 0 radical (unpaired) electrons. The van der Waals surface area contributed by atoms with Crippen LogP contribution in [-0.4, -0.2) is 31.5 Å². The Balaban J connectivity index is 2.50. The highest BCUT2D eigenvalue weighted by atomic mass is 16.5.